The number of rotatable bonds is 1. The van der Waals surface area contributed by atoms with Crippen LogP contribution in [0.3, 0.4) is 0 Å². The van der Waals surface area contributed by atoms with Gasteiger partial charge >= 0.3 is 0 Å². The lowest BCUT2D eigenvalue weighted by Gasteiger charge is -2.44. The van der Waals surface area contributed by atoms with Crippen LogP contribution < -0.4 is 4.74 Å². The maximum absolute atomic E-state index is 5.53. The Labute approximate surface area is 110 Å². The Morgan fingerprint density at radius 3 is 2.61 bits per heavy atom. The first-order chi connectivity index (χ1) is 8.49. The van der Waals surface area contributed by atoms with Gasteiger partial charge in [-0.25, -0.2) is 0 Å². The summed E-state index contributed by atoms with van der Waals surface area (Å²) in [6, 6.07) is 6.48. The molecule has 0 radical (unpaired) electrons. The van der Waals surface area contributed by atoms with Gasteiger partial charge in [0.15, 0.2) is 0 Å². The van der Waals surface area contributed by atoms with Crippen molar-refractivity contribution in [3.63, 3.8) is 0 Å². The topological polar surface area (TPSA) is 9.23 Å². The lowest BCUT2D eigenvalue weighted by atomic mass is 9.60. The zero-order valence-corrected chi connectivity index (χ0v) is 11.8. The van der Waals surface area contributed by atoms with Crippen LogP contribution in [0.15, 0.2) is 23.8 Å². The fourth-order valence-corrected chi connectivity index (χ4v) is 4.03. The Morgan fingerprint density at radius 1 is 1.11 bits per heavy atom. The van der Waals surface area contributed by atoms with Crippen molar-refractivity contribution >= 4 is 6.08 Å². The number of allylic oxidation sites excluding steroid dienone is 1. The molecule has 0 N–H and O–H groups in total. The molecule has 0 spiro atoms. The van der Waals surface area contributed by atoms with E-state index in [0.717, 1.165) is 5.75 Å². The monoisotopic (exact) mass is 242 g/mol. The fraction of sp³-hybridized carbons (Fsp3) is 0.529. The molecule has 3 rings (SSSR count). The standard InChI is InChI=1S/C17H22O/c1-16(2)9-6-10-17(3)13-7-5-8-14(18-4)12(13)11-15(16)17/h5,7-8,11H,6,9-10H2,1-4H3/t17-/m1/s1. The van der Waals surface area contributed by atoms with Crippen molar-refractivity contribution in [3.8, 4) is 5.75 Å². The fourth-order valence-electron chi connectivity index (χ4n) is 4.03. The van der Waals surface area contributed by atoms with Crippen molar-refractivity contribution in [1.82, 2.24) is 0 Å². The second-order valence-corrected chi connectivity index (χ2v) is 6.55. The summed E-state index contributed by atoms with van der Waals surface area (Å²) in [6.07, 6.45) is 6.28. The summed E-state index contributed by atoms with van der Waals surface area (Å²) in [5, 5.41) is 0. The van der Waals surface area contributed by atoms with Gasteiger partial charge in [0.2, 0.25) is 0 Å². The zero-order chi connectivity index (χ0) is 13.0. The number of fused-ring (bicyclic) bond motifs is 3. The molecule has 2 aliphatic carbocycles. The summed E-state index contributed by atoms with van der Waals surface area (Å²) < 4.78 is 5.53. The van der Waals surface area contributed by atoms with Gasteiger partial charge in [-0.05, 0) is 29.9 Å². The number of methoxy groups -OCH3 is 1. The van der Waals surface area contributed by atoms with Crippen LogP contribution in [-0.2, 0) is 5.41 Å². The largest absolute Gasteiger partial charge is 0.496 e. The minimum absolute atomic E-state index is 0.228. The molecule has 1 atom stereocenters. The highest BCUT2D eigenvalue weighted by molar-refractivity contribution is 5.75. The predicted octanol–water partition coefficient (Wildman–Crippen LogP) is 4.56. The second kappa shape index (κ2) is 3.63. The molecular weight excluding hydrogens is 220 g/mol. The van der Waals surface area contributed by atoms with Gasteiger partial charge in [-0.15, -0.1) is 0 Å². The molecule has 1 nitrogen and oxygen atoms in total. The number of ether oxygens (including phenoxy) is 1. The zero-order valence-electron chi connectivity index (χ0n) is 11.8. The van der Waals surface area contributed by atoms with Gasteiger partial charge in [0.25, 0.3) is 0 Å². The summed E-state index contributed by atoms with van der Waals surface area (Å²) in [4.78, 5) is 0. The van der Waals surface area contributed by atoms with Crippen LogP contribution in [0.1, 0.15) is 51.2 Å². The first kappa shape index (κ1) is 11.8. The van der Waals surface area contributed by atoms with Crippen LogP contribution >= 0.6 is 0 Å². The van der Waals surface area contributed by atoms with E-state index in [-0.39, 0.29) is 5.41 Å². The lowest BCUT2D eigenvalue weighted by molar-refractivity contribution is 0.266. The second-order valence-electron chi connectivity index (χ2n) is 6.55. The van der Waals surface area contributed by atoms with Gasteiger partial charge in [-0.3, -0.25) is 0 Å². The summed E-state index contributed by atoms with van der Waals surface area (Å²) in [5.74, 6) is 1.02. The van der Waals surface area contributed by atoms with E-state index in [2.05, 4.69) is 45.0 Å². The molecule has 96 valence electrons. The quantitative estimate of drug-likeness (QED) is 0.701. The lowest BCUT2D eigenvalue weighted by Crippen LogP contribution is -2.35. The molecule has 1 fully saturated rings. The van der Waals surface area contributed by atoms with Gasteiger partial charge < -0.3 is 4.74 Å². The Morgan fingerprint density at radius 2 is 1.89 bits per heavy atom. The van der Waals surface area contributed by atoms with Crippen molar-refractivity contribution in [1.29, 1.82) is 0 Å². The molecule has 1 saturated carbocycles. The number of hydrogen-bond acceptors (Lipinski definition) is 1. The van der Waals surface area contributed by atoms with E-state index in [4.69, 9.17) is 4.74 Å². The maximum Gasteiger partial charge on any atom is 0.126 e. The summed E-state index contributed by atoms with van der Waals surface area (Å²) in [6.45, 7) is 7.17. The summed E-state index contributed by atoms with van der Waals surface area (Å²) >= 11 is 0. The van der Waals surface area contributed by atoms with Crippen LogP contribution in [0.5, 0.6) is 5.75 Å². The summed E-state index contributed by atoms with van der Waals surface area (Å²) in [5.41, 5.74) is 4.92. The van der Waals surface area contributed by atoms with Gasteiger partial charge in [-0.1, -0.05) is 51.0 Å². The Bertz CT molecular complexity index is 524. The molecule has 0 aliphatic heterocycles. The third-order valence-corrected chi connectivity index (χ3v) is 4.97. The Balaban J connectivity index is 2.23. The average molecular weight is 242 g/mol. The van der Waals surface area contributed by atoms with Gasteiger partial charge in [0.05, 0.1) is 7.11 Å². The smallest absolute Gasteiger partial charge is 0.126 e. The van der Waals surface area contributed by atoms with Crippen molar-refractivity contribution in [2.45, 2.75) is 45.4 Å². The molecule has 0 unspecified atom stereocenters. The SMILES string of the molecule is COc1cccc2c1C=C1C(C)(C)CCC[C@@]12C. The highest BCUT2D eigenvalue weighted by Gasteiger charge is 2.46. The molecule has 1 heteroatoms. The van der Waals surface area contributed by atoms with Crippen LogP contribution in [-0.4, -0.2) is 7.11 Å². The normalized spacial score (nSPS) is 28.3. The van der Waals surface area contributed by atoms with E-state index in [1.165, 1.54) is 30.4 Å². The molecule has 2 aliphatic rings. The van der Waals surface area contributed by atoms with E-state index >= 15 is 0 Å². The average Bonchev–Trinajstić information content (AvgIpc) is 2.64. The van der Waals surface area contributed by atoms with E-state index in [9.17, 15) is 0 Å². The molecule has 0 heterocycles. The highest BCUT2D eigenvalue weighted by atomic mass is 16.5. The number of hydrogen-bond donors (Lipinski definition) is 0. The molecule has 0 bridgehead atoms. The minimum atomic E-state index is 0.228. The van der Waals surface area contributed by atoms with Crippen molar-refractivity contribution < 1.29 is 4.74 Å². The van der Waals surface area contributed by atoms with Gasteiger partial charge in [-0.2, -0.15) is 0 Å². The Kier molecular flexibility index (Phi) is 2.38. The van der Waals surface area contributed by atoms with E-state index < -0.39 is 0 Å². The minimum Gasteiger partial charge on any atom is -0.496 e. The predicted molar refractivity (Wildman–Crippen MR) is 76.0 cm³/mol. The van der Waals surface area contributed by atoms with Crippen LogP contribution in [0.25, 0.3) is 6.08 Å². The molecule has 0 saturated heterocycles. The molecular formula is C17H22O. The maximum atomic E-state index is 5.53. The van der Waals surface area contributed by atoms with E-state index in [0.29, 0.717) is 5.41 Å². The van der Waals surface area contributed by atoms with Crippen molar-refractivity contribution in [2.24, 2.45) is 5.41 Å². The summed E-state index contributed by atoms with van der Waals surface area (Å²) in [7, 11) is 1.77. The molecule has 0 aromatic heterocycles. The van der Waals surface area contributed by atoms with Crippen molar-refractivity contribution in [2.75, 3.05) is 7.11 Å². The molecule has 1 aromatic rings. The highest BCUT2D eigenvalue weighted by Crippen LogP contribution is 2.57. The molecule has 18 heavy (non-hydrogen) atoms. The Hall–Kier alpha value is -1.24. The van der Waals surface area contributed by atoms with Crippen LogP contribution in [0, 0.1) is 5.41 Å². The van der Waals surface area contributed by atoms with E-state index in [1.807, 2.05) is 0 Å². The first-order valence-corrected chi connectivity index (χ1v) is 6.89. The van der Waals surface area contributed by atoms with Gasteiger partial charge in [0, 0.05) is 11.0 Å². The molecule has 0 amide bonds. The van der Waals surface area contributed by atoms with Crippen molar-refractivity contribution in [3.05, 3.63) is 34.9 Å². The van der Waals surface area contributed by atoms with Gasteiger partial charge in [0.1, 0.15) is 5.75 Å². The molecule has 1 aromatic carbocycles. The van der Waals surface area contributed by atoms with E-state index in [1.54, 1.807) is 12.7 Å². The van der Waals surface area contributed by atoms with Crippen LogP contribution in [0.4, 0.5) is 0 Å². The van der Waals surface area contributed by atoms with Crippen LogP contribution in [0.2, 0.25) is 0 Å². The third kappa shape index (κ3) is 1.39. The third-order valence-electron chi connectivity index (χ3n) is 4.97. The number of benzene rings is 1. The first-order valence-electron chi connectivity index (χ1n) is 6.89.